The molecule has 8 heteroatoms. The molecule has 2 heterocycles. The number of rotatable bonds is 6. The van der Waals surface area contributed by atoms with E-state index in [4.69, 9.17) is 14.0 Å². The Bertz CT molecular complexity index is 947. The van der Waals surface area contributed by atoms with E-state index >= 15 is 0 Å². The minimum Gasteiger partial charge on any atom is -0.445 e. The lowest BCUT2D eigenvalue weighted by atomic mass is 9.77. The molecular weight excluding hydrogens is 398 g/mol. The number of alkyl carbamates (subject to hydrolysis) is 1. The van der Waals surface area contributed by atoms with Gasteiger partial charge in [0.05, 0.1) is 11.2 Å². The van der Waals surface area contributed by atoms with Crippen LogP contribution in [0.3, 0.4) is 0 Å². The summed E-state index contributed by atoms with van der Waals surface area (Å²) in [5.41, 5.74) is 1.73. The predicted molar refractivity (Wildman–Crippen MR) is 118 cm³/mol. The van der Waals surface area contributed by atoms with Gasteiger partial charge in [0, 0.05) is 12.2 Å². The van der Waals surface area contributed by atoms with Gasteiger partial charge in [0.25, 0.3) is 0 Å². The molecule has 1 saturated heterocycles. The van der Waals surface area contributed by atoms with Crippen molar-refractivity contribution in [2.45, 2.75) is 52.4 Å². The first-order valence-corrected chi connectivity index (χ1v) is 10.2. The number of aryl methyl sites for hydroxylation is 1. The van der Waals surface area contributed by atoms with Crippen molar-refractivity contribution in [1.82, 2.24) is 10.3 Å². The molecule has 1 amide bonds. The summed E-state index contributed by atoms with van der Waals surface area (Å²) >= 11 is 0. The number of hydrogen-bond acceptors (Lipinski definition) is 5. The SMILES string of the molecule is Cc1nc(F)ccc1C=C(CNC(=O)OCc1ccccc1)B1OC(C)(C)C(C)(C)O1. The Balaban J connectivity index is 1.74. The number of aromatic nitrogens is 1. The molecule has 0 radical (unpaired) electrons. The smallest absolute Gasteiger partial charge is 0.445 e. The molecule has 1 aromatic heterocycles. The first-order valence-electron chi connectivity index (χ1n) is 10.2. The summed E-state index contributed by atoms with van der Waals surface area (Å²) < 4.78 is 31.0. The molecule has 0 aliphatic carbocycles. The molecule has 1 N–H and O–H groups in total. The Morgan fingerprint density at radius 1 is 1.13 bits per heavy atom. The number of hydrogen-bond donors (Lipinski definition) is 1. The topological polar surface area (TPSA) is 69.7 Å². The van der Waals surface area contributed by atoms with Crippen LogP contribution in [0.15, 0.2) is 47.9 Å². The maximum atomic E-state index is 13.4. The van der Waals surface area contributed by atoms with Crippen molar-refractivity contribution in [1.29, 1.82) is 0 Å². The summed E-state index contributed by atoms with van der Waals surface area (Å²) in [5, 5.41) is 2.75. The van der Waals surface area contributed by atoms with Crippen LogP contribution in [0, 0.1) is 12.9 Å². The molecule has 2 aromatic rings. The molecule has 164 valence electrons. The highest BCUT2D eigenvalue weighted by Gasteiger charge is 2.52. The summed E-state index contributed by atoms with van der Waals surface area (Å²) in [5.74, 6) is -0.547. The number of carbonyl (C=O) groups is 1. The van der Waals surface area contributed by atoms with Gasteiger partial charge >= 0.3 is 13.2 Å². The monoisotopic (exact) mass is 426 g/mol. The fraction of sp³-hybridized carbons (Fsp3) is 0.391. The van der Waals surface area contributed by atoms with Crippen molar-refractivity contribution < 1.29 is 23.2 Å². The normalized spacial score (nSPS) is 17.5. The molecule has 0 unspecified atom stereocenters. The Kier molecular flexibility index (Phi) is 6.82. The lowest BCUT2D eigenvalue weighted by Crippen LogP contribution is -2.41. The van der Waals surface area contributed by atoms with Crippen molar-refractivity contribution in [2.75, 3.05) is 6.54 Å². The van der Waals surface area contributed by atoms with E-state index in [1.165, 1.54) is 6.07 Å². The van der Waals surface area contributed by atoms with Gasteiger partial charge in [0.1, 0.15) is 6.61 Å². The number of nitrogens with one attached hydrogen (secondary N) is 1. The summed E-state index contributed by atoms with van der Waals surface area (Å²) in [6.45, 7) is 9.85. The van der Waals surface area contributed by atoms with Crippen molar-refractivity contribution in [3.63, 3.8) is 0 Å². The average molecular weight is 426 g/mol. The molecule has 6 nitrogen and oxygen atoms in total. The molecule has 0 saturated carbocycles. The van der Waals surface area contributed by atoms with Crippen molar-refractivity contribution in [2.24, 2.45) is 0 Å². The molecule has 3 rings (SSSR count). The second-order valence-corrected chi connectivity index (χ2v) is 8.53. The van der Waals surface area contributed by atoms with E-state index in [1.54, 1.807) is 19.1 Å². The van der Waals surface area contributed by atoms with E-state index in [-0.39, 0.29) is 13.2 Å². The van der Waals surface area contributed by atoms with Crippen molar-refractivity contribution >= 4 is 19.3 Å². The number of amides is 1. The van der Waals surface area contributed by atoms with Gasteiger partial charge in [-0.2, -0.15) is 4.39 Å². The average Bonchev–Trinajstić information content (AvgIpc) is 2.93. The van der Waals surface area contributed by atoms with E-state index in [1.807, 2.05) is 58.0 Å². The molecule has 31 heavy (non-hydrogen) atoms. The zero-order chi connectivity index (χ0) is 22.6. The number of ether oxygens (including phenoxy) is 1. The fourth-order valence-corrected chi connectivity index (χ4v) is 3.04. The molecule has 1 aliphatic heterocycles. The minimum absolute atomic E-state index is 0.140. The molecule has 0 spiro atoms. The lowest BCUT2D eigenvalue weighted by Gasteiger charge is -2.32. The van der Waals surface area contributed by atoms with E-state index in [0.29, 0.717) is 16.7 Å². The van der Waals surface area contributed by atoms with Crippen LogP contribution in [-0.4, -0.2) is 35.9 Å². The quantitative estimate of drug-likeness (QED) is 0.545. The van der Waals surface area contributed by atoms with Crippen LogP contribution in [0.4, 0.5) is 9.18 Å². The third-order valence-electron chi connectivity index (χ3n) is 5.64. The van der Waals surface area contributed by atoms with Crippen LogP contribution in [0.2, 0.25) is 0 Å². The van der Waals surface area contributed by atoms with Gasteiger partial charge in [-0.3, -0.25) is 0 Å². The first-order chi connectivity index (χ1) is 14.6. The zero-order valence-corrected chi connectivity index (χ0v) is 18.6. The third kappa shape index (κ3) is 5.71. The summed E-state index contributed by atoms with van der Waals surface area (Å²) in [7, 11) is -0.677. The Hall–Kier alpha value is -2.71. The van der Waals surface area contributed by atoms with Gasteiger partial charge < -0.3 is 19.4 Å². The Labute approximate surface area is 183 Å². The maximum absolute atomic E-state index is 13.4. The van der Waals surface area contributed by atoms with Gasteiger partial charge in [0.2, 0.25) is 5.95 Å². The van der Waals surface area contributed by atoms with E-state index < -0.39 is 30.4 Å². The predicted octanol–water partition coefficient (Wildman–Crippen LogP) is 4.47. The number of nitrogens with zero attached hydrogens (tertiary/aromatic N) is 1. The van der Waals surface area contributed by atoms with Crippen LogP contribution in [-0.2, 0) is 20.7 Å². The van der Waals surface area contributed by atoms with Crippen LogP contribution in [0.25, 0.3) is 6.08 Å². The molecule has 1 fully saturated rings. The van der Waals surface area contributed by atoms with Crippen LogP contribution >= 0.6 is 0 Å². The Morgan fingerprint density at radius 3 is 2.39 bits per heavy atom. The van der Waals surface area contributed by atoms with Gasteiger partial charge in [-0.1, -0.05) is 36.4 Å². The summed E-state index contributed by atoms with van der Waals surface area (Å²) in [6, 6.07) is 12.4. The second-order valence-electron chi connectivity index (χ2n) is 8.53. The largest absolute Gasteiger partial charge is 0.492 e. The van der Waals surface area contributed by atoms with Crippen LogP contribution in [0.1, 0.15) is 44.5 Å². The van der Waals surface area contributed by atoms with Gasteiger partial charge in [0.15, 0.2) is 0 Å². The third-order valence-corrected chi connectivity index (χ3v) is 5.64. The maximum Gasteiger partial charge on any atom is 0.492 e. The van der Waals surface area contributed by atoms with Crippen LogP contribution < -0.4 is 5.32 Å². The van der Waals surface area contributed by atoms with E-state index in [9.17, 15) is 9.18 Å². The summed E-state index contributed by atoms with van der Waals surface area (Å²) in [6.07, 6.45) is 1.25. The summed E-state index contributed by atoms with van der Waals surface area (Å²) in [4.78, 5) is 16.1. The standard InChI is InChI=1S/C23H28BFN2O4/c1-16-18(11-12-20(25)27-16)13-19(24-30-22(2,3)23(4,5)31-24)14-26-21(28)29-15-17-9-7-6-8-10-17/h6-13H,14-15H2,1-5H3,(H,26,28). The molecular formula is C23H28BFN2O4. The van der Waals surface area contributed by atoms with Crippen molar-refractivity contribution in [3.05, 3.63) is 70.7 Å². The van der Waals surface area contributed by atoms with Gasteiger partial charge in [-0.05, 0) is 63.4 Å². The Morgan fingerprint density at radius 2 is 1.77 bits per heavy atom. The lowest BCUT2D eigenvalue weighted by molar-refractivity contribution is 0.00578. The molecule has 1 aliphatic rings. The molecule has 0 atom stereocenters. The highest BCUT2D eigenvalue weighted by Crippen LogP contribution is 2.38. The number of halogens is 1. The number of benzene rings is 1. The van der Waals surface area contributed by atoms with E-state index in [2.05, 4.69) is 10.3 Å². The van der Waals surface area contributed by atoms with Crippen molar-refractivity contribution in [3.8, 4) is 0 Å². The zero-order valence-electron chi connectivity index (χ0n) is 18.6. The second kappa shape index (κ2) is 9.20. The number of pyridine rings is 1. The number of carbonyl (C=O) groups excluding carboxylic acids is 1. The van der Waals surface area contributed by atoms with Gasteiger partial charge in [-0.25, -0.2) is 9.78 Å². The minimum atomic E-state index is -0.677. The fourth-order valence-electron chi connectivity index (χ4n) is 3.04. The molecule has 0 bridgehead atoms. The first kappa shape index (κ1) is 23.0. The van der Waals surface area contributed by atoms with Gasteiger partial charge in [-0.15, -0.1) is 0 Å². The highest BCUT2D eigenvalue weighted by atomic mass is 19.1. The molecule has 1 aromatic carbocycles. The highest BCUT2D eigenvalue weighted by molar-refractivity contribution is 6.56. The van der Waals surface area contributed by atoms with E-state index in [0.717, 1.165) is 5.56 Å². The van der Waals surface area contributed by atoms with Crippen LogP contribution in [0.5, 0.6) is 0 Å².